The van der Waals surface area contributed by atoms with Gasteiger partial charge in [-0.05, 0) is 24.3 Å². The quantitative estimate of drug-likeness (QED) is 0.526. The molecule has 3 N–H and O–H groups in total. The zero-order valence-corrected chi connectivity index (χ0v) is 18.5. The molecule has 4 heterocycles. The van der Waals surface area contributed by atoms with Crippen LogP contribution in [0, 0.1) is 0 Å². The van der Waals surface area contributed by atoms with Gasteiger partial charge in [-0.2, -0.15) is 0 Å². The molecular formula is C17H17ClN5O6PS. The first-order valence-corrected chi connectivity index (χ1v) is 11.8. The lowest BCUT2D eigenvalue weighted by Gasteiger charge is -2.29. The fraction of sp³-hybridized carbons (Fsp3) is 0.353. The molecule has 0 saturated carbocycles. The molecule has 2 saturated heterocycles. The van der Waals surface area contributed by atoms with E-state index in [1.54, 1.807) is 16.7 Å². The Hall–Kier alpha value is -1.76. The van der Waals surface area contributed by atoms with Gasteiger partial charge >= 0.3 is 7.82 Å². The standard InChI is InChI=1S/C17H17ClN5O6PS/c1-26-13-12-10(6-27-30(24,25)29-12)28-16(13)23-15-11(14(19)20-7-21-15)22-17(23)31-9-4-2-8(18)3-5-9/h2-5,7,10,12-13,16H,6H2,1H3,(H,24,25)(H2,19,20,21)/t10-,12-,13-,16-/m0/s1. The Labute approximate surface area is 185 Å². The van der Waals surface area contributed by atoms with Crippen LogP contribution in [0.3, 0.4) is 0 Å². The monoisotopic (exact) mass is 485 g/mol. The number of phosphoric ester groups is 1. The van der Waals surface area contributed by atoms with E-state index in [0.717, 1.165) is 4.90 Å². The molecule has 1 unspecified atom stereocenters. The van der Waals surface area contributed by atoms with Crippen molar-refractivity contribution in [2.24, 2.45) is 0 Å². The Kier molecular flexibility index (Phi) is 5.43. The van der Waals surface area contributed by atoms with Crippen molar-refractivity contribution >= 4 is 48.2 Å². The van der Waals surface area contributed by atoms with Crippen molar-refractivity contribution in [1.29, 1.82) is 0 Å². The van der Waals surface area contributed by atoms with E-state index in [1.165, 1.54) is 25.2 Å². The highest BCUT2D eigenvalue weighted by atomic mass is 35.5. The number of imidazole rings is 1. The van der Waals surface area contributed by atoms with Crippen molar-refractivity contribution in [3.8, 4) is 0 Å². The molecule has 0 amide bonds. The van der Waals surface area contributed by atoms with Crippen LogP contribution in [-0.2, 0) is 23.1 Å². The van der Waals surface area contributed by atoms with E-state index in [9.17, 15) is 9.46 Å². The summed E-state index contributed by atoms with van der Waals surface area (Å²) in [6.07, 6.45) is -1.60. The number of aromatic nitrogens is 4. The Morgan fingerprint density at radius 2 is 2.13 bits per heavy atom. The third kappa shape index (κ3) is 3.83. The van der Waals surface area contributed by atoms with Crippen LogP contribution >= 0.6 is 31.2 Å². The largest absolute Gasteiger partial charge is 0.472 e. The molecule has 0 bridgehead atoms. The summed E-state index contributed by atoms with van der Waals surface area (Å²) in [5.74, 6) is 0.213. The maximum Gasteiger partial charge on any atom is 0.472 e. The van der Waals surface area contributed by atoms with E-state index >= 15 is 0 Å². The number of fused-ring (bicyclic) bond motifs is 2. The maximum atomic E-state index is 12.0. The molecule has 2 aliphatic rings. The van der Waals surface area contributed by atoms with Gasteiger partial charge in [-0.3, -0.25) is 13.6 Å². The summed E-state index contributed by atoms with van der Waals surface area (Å²) in [6, 6.07) is 7.25. The SMILES string of the molecule is CO[C@H]1[C@H]2OP(=O)(O)OC[C@@H]2O[C@@H]1n1c(Sc2ccc(Cl)cc2)nc2c(N)ncnc21. The molecule has 31 heavy (non-hydrogen) atoms. The molecule has 0 spiro atoms. The minimum Gasteiger partial charge on any atom is -0.382 e. The molecule has 3 aromatic rings. The lowest BCUT2D eigenvalue weighted by molar-refractivity contribution is -0.0690. The Morgan fingerprint density at radius 3 is 2.87 bits per heavy atom. The molecule has 14 heteroatoms. The zero-order valence-electron chi connectivity index (χ0n) is 16.0. The van der Waals surface area contributed by atoms with Crippen LogP contribution in [-0.4, -0.2) is 56.4 Å². The number of nitrogen functional groups attached to an aromatic ring is 1. The van der Waals surface area contributed by atoms with Crippen molar-refractivity contribution in [2.75, 3.05) is 19.5 Å². The lowest BCUT2D eigenvalue weighted by atomic mass is 10.1. The highest BCUT2D eigenvalue weighted by Gasteiger charge is 2.54. The number of methoxy groups -OCH3 is 1. The molecule has 2 aromatic heterocycles. The van der Waals surface area contributed by atoms with Crippen molar-refractivity contribution in [2.45, 2.75) is 34.6 Å². The Morgan fingerprint density at radius 1 is 1.35 bits per heavy atom. The molecule has 11 nitrogen and oxygen atoms in total. The average molecular weight is 486 g/mol. The maximum absolute atomic E-state index is 12.0. The van der Waals surface area contributed by atoms with E-state index in [0.29, 0.717) is 21.3 Å². The predicted molar refractivity (Wildman–Crippen MR) is 111 cm³/mol. The fourth-order valence-corrected chi connectivity index (χ4v) is 5.59. The summed E-state index contributed by atoms with van der Waals surface area (Å²) in [6.45, 7) is -0.113. The summed E-state index contributed by atoms with van der Waals surface area (Å²) in [7, 11) is -2.71. The number of nitrogens with zero attached hydrogens (tertiary/aromatic N) is 4. The van der Waals surface area contributed by atoms with Crippen LogP contribution < -0.4 is 5.73 Å². The van der Waals surface area contributed by atoms with Crippen molar-refractivity contribution < 1.29 is 28.0 Å². The summed E-state index contributed by atoms with van der Waals surface area (Å²) < 4.78 is 35.6. The molecule has 1 aromatic carbocycles. The molecule has 2 fully saturated rings. The van der Waals surface area contributed by atoms with Gasteiger partial charge < -0.3 is 20.1 Å². The van der Waals surface area contributed by atoms with E-state index in [1.807, 2.05) is 12.1 Å². The minimum atomic E-state index is -4.19. The molecule has 0 aliphatic carbocycles. The summed E-state index contributed by atoms with van der Waals surface area (Å²) in [4.78, 5) is 23.6. The number of benzene rings is 1. The first-order chi connectivity index (χ1) is 14.9. The highest BCUT2D eigenvalue weighted by Crippen LogP contribution is 2.53. The first-order valence-electron chi connectivity index (χ1n) is 9.12. The van der Waals surface area contributed by atoms with Crippen molar-refractivity contribution in [3.63, 3.8) is 0 Å². The minimum absolute atomic E-state index is 0.113. The Balaban J connectivity index is 1.60. The van der Waals surface area contributed by atoms with Crippen molar-refractivity contribution in [3.05, 3.63) is 35.6 Å². The van der Waals surface area contributed by atoms with E-state index in [4.69, 9.17) is 35.9 Å². The smallest absolute Gasteiger partial charge is 0.382 e. The van der Waals surface area contributed by atoms with Crippen LogP contribution in [0.5, 0.6) is 0 Å². The second-order valence-corrected chi connectivity index (χ2v) is 9.73. The van der Waals surface area contributed by atoms with E-state index in [2.05, 4.69) is 15.0 Å². The van der Waals surface area contributed by atoms with Crippen LogP contribution in [0.1, 0.15) is 6.23 Å². The number of ether oxygens (including phenoxy) is 2. The van der Waals surface area contributed by atoms with Crippen LogP contribution in [0.15, 0.2) is 40.6 Å². The number of anilines is 1. The molecular weight excluding hydrogens is 469 g/mol. The second kappa shape index (κ2) is 7.98. The molecule has 164 valence electrons. The predicted octanol–water partition coefficient (Wildman–Crippen LogP) is 2.64. The van der Waals surface area contributed by atoms with E-state index < -0.39 is 32.4 Å². The lowest BCUT2D eigenvalue weighted by Crippen LogP contribution is -2.40. The van der Waals surface area contributed by atoms with Gasteiger partial charge in [0.05, 0.1) is 6.61 Å². The first kappa shape index (κ1) is 21.1. The van der Waals surface area contributed by atoms with E-state index in [-0.39, 0.29) is 12.4 Å². The molecule has 5 atom stereocenters. The summed E-state index contributed by atoms with van der Waals surface area (Å²) in [5, 5.41) is 1.13. The van der Waals surface area contributed by atoms with Crippen molar-refractivity contribution in [1.82, 2.24) is 19.5 Å². The second-order valence-electron chi connectivity index (χ2n) is 6.85. The van der Waals surface area contributed by atoms with Gasteiger partial charge in [-0.25, -0.2) is 19.5 Å². The number of hydrogen-bond acceptors (Lipinski definition) is 10. The summed E-state index contributed by atoms with van der Waals surface area (Å²) >= 11 is 7.34. The normalized spacial score (nSPS) is 30.5. The van der Waals surface area contributed by atoms with Gasteiger partial charge in [0.2, 0.25) is 0 Å². The summed E-state index contributed by atoms with van der Waals surface area (Å²) in [5.41, 5.74) is 6.86. The zero-order chi connectivity index (χ0) is 21.8. The van der Waals surface area contributed by atoms with Crippen LogP contribution in [0.4, 0.5) is 5.82 Å². The van der Waals surface area contributed by atoms with Gasteiger partial charge in [0, 0.05) is 17.0 Å². The topological polar surface area (TPSA) is 144 Å². The average Bonchev–Trinajstić information content (AvgIpc) is 3.26. The molecule has 0 radical (unpaired) electrons. The van der Waals surface area contributed by atoms with Crippen LogP contribution in [0.2, 0.25) is 5.02 Å². The third-order valence-electron chi connectivity index (χ3n) is 4.96. The molecule has 2 aliphatic heterocycles. The van der Waals surface area contributed by atoms with Gasteiger partial charge in [0.1, 0.15) is 24.6 Å². The number of phosphoric acid groups is 1. The number of halogens is 1. The Bertz CT molecular complexity index is 1180. The fourth-order valence-electron chi connectivity index (χ4n) is 3.60. The number of rotatable bonds is 4. The number of nitrogens with two attached hydrogens (primary N) is 1. The van der Waals surface area contributed by atoms with Gasteiger partial charge in [-0.1, -0.05) is 23.4 Å². The number of hydrogen-bond donors (Lipinski definition) is 2. The molecule has 5 rings (SSSR count). The van der Waals surface area contributed by atoms with Gasteiger partial charge in [0.15, 0.2) is 28.4 Å². The van der Waals surface area contributed by atoms with Gasteiger partial charge in [-0.15, -0.1) is 0 Å². The third-order valence-corrected chi connectivity index (χ3v) is 7.18. The van der Waals surface area contributed by atoms with Gasteiger partial charge in [0.25, 0.3) is 0 Å². The highest BCUT2D eigenvalue weighted by molar-refractivity contribution is 7.99. The van der Waals surface area contributed by atoms with Crippen LogP contribution in [0.25, 0.3) is 11.2 Å².